The molecule has 2 aliphatic rings. The number of rotatable bonds is 2. The summed E-state index contributed by atoms with van der Waals surface area (Å²) < 4.78 is 16.8. The van der Waals surface area contributed by atoms with Crippen molar-refractivity contribution in [1.82, 2.24) is 14.9 Å². The molecule has 11 heteroatoms. The number of ketones is 1. The number of nitrogens with zero attached hydrogens (tertiary/aromatic N) is 4. The van der Waals surface area contributed by atoms with Gasteiger partial charge < -0.3 is 24.2 Å². The summed E-state index contributed by atoms with van der Waals surface area (Å²) in [5.41, 5.74) is 13.2. The summed E-state index contributed by atoms with van der Waals surface area (Å²) in [6.07, 6.45) is 5.88. The van der Waals surface area contributed by atoms with Gasteiger partial charge in [-0.2, -0.15) is 5.26 Å². The van der Waals surface area contributed by atoms with E-state index in [9.17, 15) is 9.59 Å². The van der Waals surface area contributed by atoms with E-state index >= 15 is 0 Å². The van der Waals surface area contributed by atoms with Gasteiger partial charge in [-0.3, -0.25) is 4.79 Å². The van der Waals surface area contributed by atoms with Gasteiger partial charge in [0.05, 0.1) is 23.2 Å². The van der Waals surface area contributed by atoms with Crippen LogP contribution in [0, 0.1) is 25.2 Å². The zero-order valence-corrected chi connectivity index (χ0v) is 28.5. The Morgan fingerprint density at radius 3 is 2.17 bits per heavy atom. The van der Waals surface area contributed by atoms with Gasteiger partial charge >= 0.3 is 6.09 Å². The monoisotopic (exact) mass is 671 g/mol. The van der Waals surface area contributed by atoms with Crippen molar-refractivity contribution >= 4 is 50.4 Å². The molecule has 1 saturated carbocycles. The number of carbonyl (C=O) groups is 2. The lowest BCUT2D eigenvalue weighted by molar-refractivity contribution is -0.120. The highest BCUT2D eigenvalue weighted by molar-refractivity contribution is 7.16. The first-order valence-corrected chi connectivity index (χ1v) is 16.7. The number of Topliss-reactive ketones (excluding diaryl/α,β-unsaturated/α-hetero) is 1. The number of aryl methyl sites for hydroxylation is 2. The third-order valence-corrected chi connectivity index (χ3v) is 8.92. The fraction of sp³-hybridized carbons (Fsp3) is 0.432. The molecular formula is C37H45N5O5S. The molecule has 10 nitrogen and oxygen atoms in total. The SMILES string of the molecule is C.Cc1cccc2oc(-c3c(N)sc4c3CCN(C(=O)OC(C)(C)C)C4)nc12.Cc1cccc2oc(CC#N)nc12.O=C1CCCCC1. The normalized spacial score (nSPS) is 14.2. The molecule has 2 N–H and O–H groups in total. The molecule has 7 rings (SSSR count). The third-order valence-electron chi connectivity index (χ3n) is 7.88. The molecule has 0 bridgehead atoms. The number of fused-ring (bicyclic) bond motifs is 3. The van der Waals surface area contributed by atoms with Crippen molar-refractivity contribution in [2.75, 3.05) is 12.3 Å². The summed E-state index contributed by atoms with van der Waals surface area (Å²) in [6.45, 7) is 10.7. The van der Waals surface area contributed by atoms with Gasteiger partial charge in [0.1, 0.15) is 28.8 Å². The Kier molecular flexibility index (Phi) is 11.7. The number of hydrogen-bond donors (Lipinski definition) is 1. The average molecular weight is 672 g/mol. The predicted molar refractivity (Wildman–Crippen MR) is 190 cm³/mol. The molecule has 0 radical (unpaired) electrons. The van der Waals surface area contributed by atoms with Gasteiger partial charge in [0.25, 0.3) is 0 Å². The van der Waals surface area contributed by atoms with Gasteiger partial charge in [0, 0.05) is 24.3 Å². The molecule has 254 valence electrons. The second-order valence-corrected chi connectivity index (χ2v) is 13.9. The lowest BCUT2D eigenvalue weighted by atomic mass is 10.00. The van der Waals surface area contributed by atoms with Gasteiger partial charge in [0.2, 0.25) is 11.8 Å². The Labute approximate surface area is 285 Å². The van der Waals surface area contributed by atoms with Gasteiger partial charge in [-0.15, -0.1) is 11.3 Å². The fourth-order valence-corrected chi connectivity index (χ4v) is 6.68. The van der Waals surface area contributed by atoms with E-state index in [4.69, 9.17) is 24.6 Å². The van der Waals surface area contributed by atoms with Crippen LogP contribution in [0.25, 0.3) is 33.7 Å². The highest BCUT2D eigenvalue weighted by Crippen LogP contribution is 2.42. The van der Waals surface area contributed by atoms with Crippen molar-refractivity contribution in [1.29, 1.82) is 5.26 Å². The number of anilines is 1. The first kappa shape index (κ1) is 36.2. The molecule has 1 aliphatic carbocycles. The standard InChI is InChI=1S/C20H23N3O3S.C10H8N2O.C6H10O.CH4/c1-11-6-5-7-13-16(11)22-18(25-13)15-12-8-9-23(10-14(12)27-17(15)21)19(24)26-20(2,3)4;1-7-3-2-4-8-10(7)12-9(13-8)5-6-11;7-6-4-2-1-3-5-6;/h5-7H,8-10,21H2,1-4H3;2-4H,5H2,1H3;1-5H2;1H4. The quantitative estimate of drug-likeness (QED) is 0.194. The second-order valence-electron chi connectivity index (χ2n) is 12.8. The molecule has 2 aromatic carbocycles. The minimum atomic E-state index is -0.507. The molecule has 0 atom stereocenters. The molecule has 3 aromatic heterocycles. The summed E-state index contributed by atoms with van der Waals surface area (Å²) in [4.78, 5) is 34.5. The molecule has 1 fully saturated rings. The van der Waals surface area contributed by atoms with E-state index in [-0.39, 0.29) is 19.9 Å². The highest BCUT2D eigenvalue weighted by Gasteiger charge is 2.31. The number of nitrogens with two attached hydrogens (primary N) is 1. The predicted octanol–water partition coefficient (Wildman–Crippen LogP) is 9.10. The zero-order chi connectivity index (χ0) is 33.7. The summed E-state index contributed by atoms with van der Waals surface area (Å²) in [7, 11) is 0. The largest absolute Gasteiger partial charge is 0.444 e. The van der Waals surface area contributed by atoms with Crippen molar-refractivity contribution in [2.45, 2.75) is 99.1 Å². The number of benzene rings is 2. The number of nitriles is 1. The number of thiophene rings is 1. The van der Waals surface area contributed by atoms with E-state index in [1.807, 2.05) is 77.1 Å². The van der Waals surface area contributed by atoms with E-state index in [0.717, 1.165) is 75.0 Å². The Morgan fingerprint density at radius 2 is 1.62 bits per heavy atom. The van der Waals surface area contributed by atoms with Crippen LogP contribution in [-0.4, -0.2) is 38.9 Å². The lowest BCUT2D eigenvalue weighted by Gasteiger charge is -2.30. The van der Waals surface area contributed by atoms with E-state index < -0.39 is 5.60 Å². The highest BCUT2D eigenvalue weighted by atomic mass is 32.1. The van der Waals surface area contributed by atoms with E-state index in [0.29, 0.717) is 42.1 Å². The van der Waals surface area contributed by atoms with Crippen LogP contribution in [0.3, 0.4) is 0 Å². The Balaban J connectivity index is 0.000000204. The maximum Gasteiger partial charge on any atom is 0.410 e. The fourth-order valence-electron chi connectivity index (χ4n) is 5.56. The topological polar surface area (TPSA) is 148 Å². The number of oxazole rings is 2. The van der Waals surface area contributed by atoms with Gasteiger partial charge in [-0.1, -0.05) is 38.1 Å². The van der Waals surface area contributed by atoms with Crippen LogP contribution >= 0.6 is 11.3 Å². The molecule has 48 heavy (non-hydrogen) atoms. The molecule has 0 saturated heterocycles. The summed E-state index contributed by atoms with van der Waals surface area (Å²) in [6, 6.07) is 13.6. The number of aromatic nitrogens is 2. The smallest absolute Gasteiger partial charge is 0.410 e. The van der Waals surface area contributed by atoms with E-state index in [2.05, 4.69) is 9.97 Å². The van der Waals surface area contributed by atoms with Crippen LogP contribution in [0.15, 0.2) is 45.2 Å². The zero-order valence-electron chi connectivity index (χ0n) is 27.6. The van der Waals surface area contributed by atoms with Crippen LogP contribution < -0.4 is 5.73 Å². The van der Waals surface area contributed by atoms with Crippen LogP contribution in [0.4, 0.5) is 9.80 Å². The Morgan fingerprint density at radius 1 is 1.00 bits per heavy atom. The second kappa shape index (κ2) is 15.5. The molecule has 1 amide bonds. The van der Waals surface area contributed by atoms with Gasteiger partial charge in [0.15, 0.2) is 11.2 Å². The van der Waals surface area contributed by atoms with Crippen molar-refractivity contribution in [3.63, 3.8) is 0 Å². The average Bonchev–Trinajstić information content (AvgIpc) is 3.72. The number of carbonyl (C=O) groups excluding carboxylic acids is 2. The third kappa shape index (κ3) is 8.61. The van der Waals surface area contributed by atoms with Crippen LogP contribution in [0.5, 0.6) is 0 Å². The minimum Gasteiger partial charge on any atom is -0.444 e. The molecule has 0 unspecified atom stereocenters. The number of ether oxygens (including phenoxy) is 1. The summed E-state index contributed by atoms with van der Waals surface area (Å²) >= 11 is 1.49. The Bertz CT molecular complexity index is 1930. The number of amides is 1. The van der Waals surface area contributed by atoms with E-state index in [1.54, 1.807) is 4.90 Å². The van der Waals surface area contributed by atoms with Gasteiger partial charge in [-0.05, 0) is 82.7 Å². The van der Waals surface area contributed by atoms with Crippen molar-refractivity contribution in [3.05, 3.63) is 63.9 Å². The van der Waals surface area contributed by atoms with Crippen molar-refractivity contribution in [2.24, 2.45) is 0 Å². The molecule has 0 spiro atoms. The first-order valence-electron chi connectivity index (χ1n) is 15.9. The molecule has 1 aliphatic heterocycles. The molecule has 5 aromatic rings. The van der Waals surface area contributed by atoms with Crippen molar-refractivity contribution < 1.29 is 23.2 Å². The van der Waals surface area contributed by atoms with E-state index in [1.165, 1.54) is 17.8 Å². The van der Waals surface area contributed by atoms with Crippen LogP contribution in [0.2, 0.25) is 0 Å². The maximum absolute atomic E-state index is 12.4. The van der Waals surface area contributed by atoms with Crippen LogP contribution in [0.1, 0.15) is 87.8 Å². The lowest BCUT2D eigenvalue weighted by Crippen LogP contribution is -2.39. The number of nitrogen functional groups attached to an aromatic ring is 1. The van der Waals surface area contributed by atoms with Crippen LogP contribution in [-0.2, 0) is 28.9 Å². The van der Waals surface area contributed by atoms with Crippen molar-refractivity contribution in [3.8, 4) is 17.5 Å². The van der Waals surface area contributed by atoms with Gasteiger partial charge in [-0.25, -0.2) is 14.8 Å². The molecular weight excluding hydrogens is 627 g/mol. The number of hydrogen-bond acceptors (Lipinski definition) is 10. The summed E-state index contributed by atoms with van der Waals surface area (Å²) in [5.74, 6) is 1.51. The maximum atomic E-state index is 12.4. The minimum absolute atomic E-state index is 0. The summed E-state index contributed by atoms with van der Waals surface area (Å²) in [5, 5.41) is 9.14. The Hall–Kier alpha value is -4.69. The first-order chi connectivity index (χ1) is 22.4. The molecule has 4 heterocycles. The number of para-hydroxylation sites is 2.